The minimum Gasteiger partial charge on any atom is -0.497 e. The van der Waals surface area contributed by atoms with Crippen LogP contribution in [0.25, 0.3) is 0 Å². The Kier molecular flexibility index (Phi) is 5.95. The number of rotatable bonds is 5. The Morgan fingerprint density at radius 2 is 2.00 bits per heavy atom. The van der Waals surface area contributed by atoms with Gasteiger partial charge in [-0.05, 0) is 36.4 Å². The van der Waals surface area contributed by atoms with Crippen molar-refractivity contribution in [3.63, 3.8) is 0 Å². The Labute approximate surface area is 139 Å². The van der Waals surface area contributed by atoms with E-state index in [1.165, 1.54) is 24.6 Å². The molecule has 0 spiro atoms. The van der Waals surface area contributed by atoms with Crippen LogP contribution in [0.4, 0.5) is 5.69 Å². The second-order valence-corrected chi connectivity index (χ2v) is 4.55. The number of carbonyl (C=O) groups is 1. The van der Waals surface area contributed by atoms with Crippen LogP contribution in [0.2, 0.25) is 0 Å². The maximum atomic E-state index is 11.9. The van der Waals surface area contributed by atoms with Gasteiger partial charge < -0.3 is 13.9 Å². The van der Waals surface area contributed by atoms with Crippen LogP contribution < -0.4 is 10.2 Å². The van der Waals surface area contributed by atoms with Crippen molar-refractivity contribution in [1.29, 1.82) is 0 Å². The summed E-state index contributed by atoms with van der Waals surface area (Å²) in [5, 5.41) is 9.43. The molecule has 0 aliphatic carbocycles. The van der Waals surface area contributed by atoms with Gasteiger partial charge in [0, 0.05) is 7.05 Å². The Morgan fingerprint density at radius 3 is 2.58 bits per heavy atom. The number of ether oxygens (including phenoxy) is 2. The third-order valence-corrected chi connectivity index (χ3v) is 2.96. The number of nitrogens with zero attached hydrogens (tertiary/aromatic N) is 3. The molecule has 1 aromatic heterocycles. The van der Waals surface area contributed by atoms with Crippen LogP contribution in [0, 0.1) is 0 Å². The highest BCUT2D eigenvalue weighted by molar-refractivity contribution is 6.35. The molecular formula is C16H18N4O4. The molecule has 0 saturated carbocycles. The number of likely N-dealkylation sites (N-methyl/N-ethyl adjacent to an activating group) is 1. The zero-order valence-electron chi connectivity index (χ0n) is 13.6. The molecule has 0 aliphatic heterocycles. The van der Waals surface area contributed by atoms with Gasteiger partial charge in [-0.15, -0.1) is 5.10 Å². The molecule has 1 heterocycles. The van der Waals surface area contributed by atoms with Gasteiger partial charge in [-0.2, -0.15) is 5.10 Å². The molecule has 0 bridgehead atoms. The van der Waals surface area contributed by atoms with Crippen molar-refractivity contribution < 1.29 is 18.7 Å². The summed E-state index contributed by atoms with van der Waals surface area (Å²) in [4.78, 5) is 11.9. The van der Waals surface area contributed by atoms with Crippen molar-refractivity contribution in [3.8, 4) is 5.75 Å². The molecule has 8 nitrogen and oxygen atoms in total. The standard InChI is InChI=1S/C16H18N4O4/c1-20(17-11-14-5-4-10-24-14)15(16(21)23-3)19-18-12-6-8-13(22-2)9-7-12/h4-11,18H,1-3H3/b17-11+,19-15-. The van der Waals surface area contributed by atoms with Gasteiger partial charge in [0.15, 0.2) is 0 Å². The fourth-order valence-electron chi connectivity index (χ4n) is 1.69. The summed E-state index contributed by atoms with van der Waals surface area (Å²) in [6.07, 6.45) is 2.99. The van der Waals surface area contributed by atoms with Crippen molar-refractivity contribution in [2.24, 2.45) is 10.2 Å². The lowest BCUT2D eigenvalue weighted by Crippen LogP contribution is -2.31. The van der Waals surface area contributed by atoms with Crippen LogP contribution in [0.1, 0.15) is 5.76 Å². The normalized spacial score (nSPS) is 11.4. The quantitative estimate of drug-likeness (QED) is 0.391. The van der Waals surface area contributed by atoms with Gasteiger partial charge in [0.25, 0.3) is 5.84 Å². The first-order valence-electron chi connectivity index (χ1n) is 7.01. The van der Waals surface area contributed by atoms with Gasteiger partial charge in [0.1, 0.15) is 11.5 Å². The third kappa shape index (κ3) is 4.60. The minimum atomic E-state index is -0.630. The molecule has 0 fully saturated rings. The summed E-state index contributed by atoms with van der Waals surface area (Å²) in [6.45, 7) is 0. The van der Waals surface area contributed by atoms with E-state index in [-0.39, 0.29) is 5.84 Å². The largest absolute Gasteiger partial charge is 0.497 e. The fourth-order valence-corrected chi connectivity index (χ4v) is 1.69. The number of carbonyl (C=O) groups excluding carboxylic acids is 1. The molecule has 0 radical (unpaired) electrons. The number of anilines is 1. The summed E-state index contributed by atoms with van der Waals surface area (Å²) in [5.74, 6) is 0.623. The van der Waals surface area contributed by atoms with Crippen LogP contribution in [0.5, 0.6) is 5.75 Å². The molecule has 0 amide bonds. The van der Waals surface area contributed by atoms with Crippen LogP contribution in [-0.4, -0.2) is 44.3 Å². The second kappa shape index (κ2) is 8.37. The van der Waals surface area contributed by atoms with E-state index in [2.05, 4.69) is 15.6 Å². The number of amidine groups is 1. The average Bonchev–Trinajstić information content (AvgIpc) is 3.13. The Balaban J connectivity index is 2.12. The van der Waals surface area contributed by atoms with E-state index < -0.39 is 5.97 Å². The first kappa shape index (κ1) is 17.1. The molecule has 2 aromatic rings. The number of esters is 1. The van der Waals surface area contributed by atoms with E-state index in [1.54, 1.807) is 50.6 Å². The SMILES string of the molecule is COC(=O)/C(=N/Nc1ccc(OC)cc1)N(C)/N=C/c1ccco1. The summed E-state index contributed by atoms with van der Waals surface area (Å²) >= 11 is 0. The van der Waals surface area contributed by atoms with Crippen LogP contribution in [0.3, 0.4) is 0 Å². The molecule has 1 aromatic carbocycles. The van der Waals surface area contributed by atoms with E-state index >= 15 is 0 Å². The molecule has 24 heavy (non-hydrogen) atoms. The van der Waals surface area contributed by atoms with Crippen LogP contribution in [0.15, 0.2) is 57.3 Å². The van der Waals surface area contributed by atoms with E-state index in [4.69, 9.17) is 13.9 Å². The summed E-state index contributed by atoms with van der Waals surface area (Å²) in [5.41, 5.74) is 3.46. The lowest BCUT2D eigenvalue weighted by atomic mass is 10.3. The lowest BCUT2D eigenvalue weighted by molar-refractivity contribution is -0.133. The summed E-state index contributed by atoms with van der Waals surface area (Å²) in [6, 6.07) is 10.6. The molecule has 0 unspecified atom stereocenters. The van der Waals surface area contributed by atoms with Crippen LogP contribution >= 0.6 is 0 Å². The molecule has 0 aliphatic rings. The van der Waals surface area contributed by atoms with Gasteiger partial charge in [0.05, 0.1) is 32.4 Å². The van der Waals surface area contributed by atoms with Crippen molar-refractivity contribution in [3.05, 3.63) is 48.4 Å². The van der Waals surface area contributed by atoms with Crippen molar-refractivity contribution >= 4 is 23.7 Å². The van der Waals surface area contributed by atoms with Gasteiger partial charge in [0.2, 0.25) is 0 Å². The van der Waals surface area contributed by atoms with Gasteiger partial charge in [-0.25, -0.2) is 9.80 Å². The average molecular weight is 330 g/mol. The fraction of sp³-hybridized carbons (Fsp3) is 0.188. The lowest BCUT2D eigenvalue weighted by Gasteiger charge is -2.13. The number of benzene rings is 1. The number of hydrogen-bond acceptors (Lipinski definition) is 7. The maximum Gasteiger partial charge on any atom is 0.377 e. The molecule has 8 heteroatoms. The first-order chi connectivity index (χ1) is 11.6. The smallest absolute Gasteiger partial charge is 0.377 e. The maximum absolute atomic E-state index is 11.9. The molecule has 1 N–H and O–H groups in total. The number of furan rings is 1. The third-order valence-electron chi connectivity index (χ3n) is 2.96. The predicted octanol–water partition coefficient (Wildman–Crippen LogP) is 2.15. The topological polar surface area (TPSA) is 88.7 Å². The van der Waals surface area contributed by atoms with E-state index in [1.807, 2.05) is 0 Å². The Morgan fingerprint density at radius 1 is 1.25 bits per heavy atom. The number of hydrazone groups is 2. The highest BCUT2D eigenvalue weighted by Gasteiger charge is 2.17. The highest BCUT2D eigenvalue weighted by Crippen LogP contribution is 2.15. The molecule has 0 saturated heterocycles. The first-order valence-corrected chi connectivity index (χ1v) is 7.01. The van der Waals surface area contributed by atoms with Crippen molar-refractivity contribution in [2.75, 3.05) is 26.7 Å². The van der Waals surface area contributed by atoms with E-state index in [9.17, 15) is 4.79 Å². The summed E-state index contributed by atoms with van der Waals surface area (Å²) < 4.78 is 15.0. The number of nitrogens with one attached hydrogen (secondary N) is 1. The predicted molar refractivity (Wildman–Crippen MR) is 90.1 cm³/mol. The minimum absolute atomic E-state index is 0.0175. The Bertz CT molecular complexity index is 708. The highest BCUT2D eigenvalue weighted by atomic mass is 16.5. The monoisotopic (exact) mass is 330 g/mol. The van der Waals surface area contributed by atoms with Crippen molar-refractivity contribution in [2.45, 2.75) is 0 Å². The van der Waals surface area contributed by atoms with Gasteiger partial charge in [-0.3, -0.25) is 5.43 Å². The number of hydrogen-bond donors (Lipinski definition) is 1. The number of methoxy groups -OCH3 is 2. The zero-order chi connectivity index (χ0) is 17.4. The Hall–Kier alpha value is -3.29. The van der Waals surface area contributed by atoms with E-state index in [0.717, 1.165) is 5.75 Å². The van der Waals surface area contributed by atoms with Crippen LogP contribution in [-0.2, 0) is 9.53 Å². The zero-order valence-corrected chi connectivity index (χ0v) is 13.6. The van der Waals surface area contributed by atoms with Crippen molar-refractivity contribution in [1.82, 2.24) is 5.01 Å². The van der Waals surface area contributed by atoms with Gasteiger partial charge >= 0.3 is 5.97 Å². The summed E-state index contributed by atoms with van der Waals surface area (Å²) in [7, 11) is 4.43. The second-order valence-electron chi connectivity index (χ2n) is 4.55. The molecule has 2 rings (SSSR count). The molecule has 126 valence electrons. The molecular weight excluding hydrogens is 312 g/mol. The van der Waals surface area contributed by atoms with Gasteiger partial charge in [-0.1, -0.05) is 0 Å². The molecule has 0 atom stereocenters. The van der Waals surface area contributed by atoms with E-state index in [0.29, 0.717) is 11.4 Å².